The van der Waals surface area contributed by atoms with Gasteiger partial charge in [0.2, 0.25) is 0 Å². The van der Waals surface area contributed by atoms with E-state index in [1.807, 2.05) is 24.3 Å². The number of para-hydroxylation sites is 2. The standard InChI is InChI=1S/C18H27NO2/c1-13(2)15-7-3-4-8-16(15)19-11-14-12-20-17-9-5-6-10-18(17)21-14/h5-6,9-10,13-16,19H,3-4,7-8,11-12H2,1-2H3. The topological polar surface area (TPSA) is 30.5 Å². The van der Waals surface area contributed by atoms with Gasteiger partial charge in [0.1, 0.15) is 12.7 Å². The van der Waals surface area contributed by atoms with Crippen molar-refractivity contribution in [1.82, 2.24) is 5.32 Å². The zero-order valence-corrected chi connectivity index (χ0v) is 13.2. The van der Waals surface area contributed by atoms with E-state index in [9.17, 15) is 0 Å². The highest BCUT2D eigenvalue weighted by atomic mass is 16.6. The van der Waals surface area contributed by atoms with Crippen LogP contribution in [0.3, 0.4) is 0 Å². The summed E-state index contributed by atoms with van der Waals surface area (Å²) in [5.41, 5.74) is 0. The first-order valence-electron chi connectivity index (χ1n) is 8.36. The first kappa shape index (κ1) is 14.7. The van der Waals surface area contributed by atoms with Crippen molar-refractivity contribution in [2.24, 2.45) is 11.8 Å². The Balaban J connectivity index is 1.53. The lowest BCUT2D eigenvalue weighted by Crippen LogP contribution is -2.47. The zero-order chi connectivity index (χ0) is 14.7. The molecule has 1 aromatic rings. The van der Waals surface area contributed by atoms with Gasteiger partial charge in [-0.25, -0.2) is 0 Å². The zero-order valence-electron chi connectivity index (χ0n) is 13.2. The molecule has 0 spiro atoms. The van der Waals surface area contributed by atoms with Crippen molar-refractivity contribution in [3.8, 4) is 11.5 Å². The van der Waals surface area contributed by atoms with Gasteiger partial charge in [-0.05, 0) is 36.8 Å². The Bertz CT molecular complexity index is 460. The van der Waals surface area contributed by atoms with Gasteiger partial charge in [-0.3, -0.25) is 0 Å². The maximum absolute atomic E-state index is 6.03. The van der Waals surface area contributed by atoms with Crippen LogP contribution < -0.4 is 14.8 Å². The largest absolute Gasteiger partial charge is 0.486 e. The molecule has 3 atom stereocenters. The van der Waals surface area contributed by atoms with E-state index in [0.717, 1.165) is 29.9 Å². The maximum Gasteiger partial charge on any atom is 0.161 e. The molecular weight excluding hydrogens is 262 g/mol. The fourth-order valence-corrected chi connectivity index (χ4v) is 3.66. The predicted octanol–water partition coefficient (Wildman–Crippen LogP) is 3.63. The van der Waals surface area contributed by atoms with Crippen LogP contribution in [-0.4, -0.2) is 25.3 Å². The Labute approximate surface area is 128 Å². The van der Waals surface area contributed by atoms with Crippen LogP contribution in [0, 0.1) is 11.8 Å². The molecule has 1 saturated carbocycles. The summed E-state index contributed by atoms with van der Waals surface area (Å²) in [5, 5.41) is 3.75. The molecule has 0 saturated heterocycles. The lowest BCUT2D eigenvalue weighted by atomic mass is 9.78. The predicted molar refractivity (Wildman–Crippen MR) is 84.9 cm³/mol. The molecule has 3 rings (SSSR count). The summed E-state index contributed by atoms with van der Waals surface area (Å²) in [5.74, 6) is 3.30. The van der Waals surface area contributed by atoms with Gasteiger partial charge in [-0.1, -0.05) is 38.8 Å². The summed E-state index contributed by atoms with van der Waals surface area (Å²) in [7, 11) is 0. The van der Waals surface area contributed by atoms with Crippen LogP contribution in [0.15, 0.2) is 24.3 Å². The molecule has 0 aromatic heterocycles. The third-order valence-corrected chi connectivity index (χ3v) is 4.85. The Morgan fingerprint density at radius 3 is 2.71 bits per heavy atom. The molecule has 3 heteroatoms. The van der Waals surface area contributed by atoms with Gasteiger partial charge < -0.3 is 14.8 Å². The van der Waals surface area contributed by atoms with Crippen molar-refractivity contribution in [2.45, 2.75) is 51.7 Å². The van der Waals surface area contributed by atoms with Crippen LogP contribution >= 0.6 is 0 Å². The highest BCUT2D eigenvalue weighted by Crippen LogP contribution is 2.32. The van der Waals surface area contributed by atoms with Crippen LogP contribution in [0.2, 0.25) is 0 Å². The molecular formula is C18H27NO2. The average molecular weight is 289 g/mol. The van der Waals surface area contributed by atoms with Gasteiger partial charge in [-0.2, -0.15) is 0 Å². The van der Waals surface area contributed by atoms with E-state index in [4.69, 9.17) is 9.47 Å². The SMILES string of the molecule is CC(C)C1CCCCC1NCC1COc2ccccc2O1. The lowest BCUT2D eigenvalue weighted by Gasteiger charge is -2.36. The van der Waals surface area contributed by atoms with Gasteiger partial charge in [0.05, 0.1) is 0 Å². The third-order valence-electron chi connectivity index (χ3n) is 4.85. The number of benzene rings is 1. The van der Waals surface area contributed by atoms with Crippen molar-refractivity contribution < 1.29 is 9.47 Å². The molecule has 1 N–H and O–H groups in total. The second-order valence-electron chi connectivity index (χ2n) is 6.70. The minimum atomic E-state index is 0.120. The Kier molecular flexibility index (Phi) is 4.69. The molecule has 3 nitrogen and oxygen atoms in total. The van der Waals surface area contributed by atoms with E-state index in [0.29, 0.717) is 12.6 Å². The van der Waals surface area contributed by atoms with E-state index in [2.05, 4.69) is 19.2 Å². The van der Waals surface area contributed by atoms with E-state index in [1.54, 1.807) is 0 Å². The number of nitrogens with one attached hydrogen (secondary N) is 1. The molecule has 1 aromatic carbocycles. The molecule has 1 heterocycles. The van der Waals surface area contributed by atoms with E-state index < -0.39 is 0 Å². The summed E-state index contributed by atoms with van der Waals surface area (Å²) in [6.45, 7) is 6.22. The van der Waals surface area contributed by atoms with Crippen LogP contribution in [-0.2, 0) is 0 Å². The molecule has 3 unspecified atom stereocenters. The average Bonchev–Trinajstić information content (AvgIpc) is 2.53. The van der Waals surface area contributed by atoms with Crippen molar-refractivity contribution in [2.75, 3.05) is 13.2 Å². The van der Waals surface area contributed by atoms with Gasteiger partial charge in [-0.15, -0.1) is 0 Å². The van der Waals surface area contributed by atoms with E-state index in [1.165, 1.54) is 25.7 Å². The van der Waals surface area contributed by atoms with Crippen molar-refractivity contribution in [1.29, 1.82) is 0 Å². The molecule has 0 bridgehead atoms. The van der Waals surface area contributed by atoms with Crippen LogP contribution in [0.25, 0.3) is 0 Å². The van der Waals surface area contributed by atoms with E-state index in [-0.39, 0.29) is 6.10 Å². The minimum absolute atomic E-state index is 0.120. The number of rotatable bonds is 4. The summed E-state index contributed by atoms with van der Waals surface area (Å²) in [6, 6.07) is 8.57. The molecule has 116 valence electrons. The molecule has 0 radical (unpaired) electrons. The van der Waals surface area contributed by atoms with Gasteiger partial charge in [0, 0.05) is 12.6 Å². The lowest BCUT2D eigenvalue weighted by molar-refractivity contribution is 0.0814. The number of hydrogen-bond acceptors (Lipinski definition) is 3. The van der Waals surface area contributed by atoms with Crippen molar-refractivity contribution in [3.63, 3.8) is 0 Å². The molecule has 0 amide bonds. The molecule has 21 heavy (non-hydrogen) atoms. The summed E-state index contributed by atoms with van der Waals surface area (Å²) < 4.78 is 11.8. The first-order valence-corrected chi connectivity index (χ1v) is 8.36. The quantitative estimate of drug-likeness (QED) is 0.918. The van der Waals surface area contributed by atoms with E-state index >= 15 is 0 Å². The Morgan fingerprint density at radius 1 is 1.14 bits per heavy atom. The Morgan fingerprint density at radius 2 is 1.90 bits per heavy atom. The Hall–Kier alpha value is -1.22. The third kappa shape index (κ3) is 3.52. The van der Waals surface area contributed by atoms with Crippen molar-refractivity contribution >= 4 is 0 Å². The number of hydrogen-bond donors (Lipinski definition) is 1. The summed E-state index contributed by atoms with van der Waals surface area (Å²) in [4.78, 5) is 0. The van der Waals surface area contributed by atoms with Gasteiger partial charge >= 0.3 is 0 Å². The smallest absolute Gasteiger partial charge is 0.161 e. The highest BCUT2D eigenvalue weighted by molar-refractivity contribution is 5.40. The number of ether oxygens (including phenoxy) is 2. The normalized spacial score (nSPS) is 28.6. The molecule has 1 fully saturated rings. The van der Waals surface area contributed by atoms with Gasteiger partial charge in [0.25, 0.3) is 0 Å². The number of fused-ring (bicyclic) bond motifs is 1. The van der Waals surface area contributed by atoms with Crippen LogP contribution in [0.1, 0.15) is 39.5 Å². The minimum Gasteiger partial charge on any atom is -0.486 e. The molecule has 1 aliphatic heterocycles. The second-order valence-corrected chi connectivity index (χ2v) is 6.70. The summed E-state index contributed by atoms with van der Waals surface area (Å²) >= 11 is 0. The van der Waals surface area contributed by atoms with Crippen LogP contribution in [0.4, 0.5) is 0 Å². The monoisotopic (exact) mass is 289 g/mol. The maximum atomic E-state index is 6.03. The van der Waals surface area contributed by atoms with Crippen LogP contribution in [0.5, 0.6) is 11.5 Å². The summed E-state index contributed by atoms with van der Waals surface area (Å²) in [6.07, 6.45) is 5.52. The molecule has 1 aliphatic carbocycles. The highest BCUT2D eigenvalue weighted by Gasteiger charge is 2.28. The second kappa shape index (κ2) is 6.69. The first-order chi connectivity index (χ1) is 10.2. The van der Waals surface area contributed by atoms with Crippen molar-refractivity contribution in [3.05, 3.63) is 24.3 Å². The fraction of sp³-hybridized carbons (Fsp3) is 0.667. The van der Waals surface area contributed by atoms with Gasteiger partial charge in [0.15, 0.2) is 11.5 Å². The molecule has 2 aliphatic rings. The fourth-order valence-electron chi connectivity index (χ4n) is 3.66.